The van der Waals surface area contributed by atoms with E-state index < -0.39 is 0 Å². The van der Waals surface area contributed by atoms with Gasteiger partial charge >= 0.3 is 0 Å². The Morgan fingerprint density at radius 3 is 3.00 bits per heavy atom. The van der Waals surface area contributed by atoms with Crippen LogP contribution in [-0.2, 0) is 4.74 Å². The molecule has 6 atom stereocenters. The second-order valence-electron chi connectivity index (χ2n) is 6.64. The van der Waals surface area contributed by atoms with Crippen LogP contribution in [0.4, 0.5) is 0 Å². The third-order valence-electron chi connectivity index (χ3n) is 5.33. The zero-order chi connectivity index (χ0) is 14.1. The largest absolute Gasteiger partial charge is 0.392 e. The third kappa shape index (κ3) is 3.44. The van der Waals surface area contributed by atoms with Crippen molar-refractivity contribution in [1.82, 2.24) is 0 Å². The molecule has 0 radical (unpaired) electrons. The molecule has 3 rings (SSSR count). The van der Waals surface area contributed by atoms with Gasteiger partial charge in [-0.2, -0.15) is 0 Å². The van der Waals surface area contributed by atoms with E-state index in [9.17, 15) is 5.11 Å². The smallest absolute Gasteiger partial charge is 0.0642 e. The first-order valence-electron chi connectivity index (χ1n) is 7.94. The molecule has 5 unspecified atom stereocenters. The Morgan fingerprint density at radius 2 is 2.15 bits per heavy atom. The summed E-state index contributed by atoms with van der Waals surface area (Å²) in [6, 6.07) is 0. The summed E-state index contributed by atoms with van der Waals surface area (Å²) in [6.45, 7) is 0.946. The Hall–Kier alpha value is 0.870. The molecule has 1 N–H and O–H groups in total. The van der Waals surface area contributed by atoms with Gasteiger partial charge in [0.15, 0.2) is 0 Å². The molecule has 0 aromatic carbocycles. The van der Waals surface area contributed by atoms with Gasteiger partial charge in [0.2, 0.25) is 0 Å². The molecule has 0 bridgehead atoms. The second-order valence-corrected chi connectivity index (χ2v) is 9.32. The van der Waals surface area contributed by atoms with Crippen molar-refractivity contribution < 1.29 is 9.84 Å². The molecule has 3 aliphatic rings. The summed E-state index contributed by atoms with van der Waals surface area (Å²) >= 11 is 6.21. The van der Waals surface area contributed by atoms with Gasteiger partial charge in [-0.1, -0.05) is 44.6 Å². The average molecular weight is 455 g/mol. The lowest BCUT2D eigenvalue weighted by molar-refractivity contribution is -0.0777. The van der Waals surface area contributed by atoms with E-state index >= 15 is 0 Å². The van der Waals surface area contributed by atoms with Gasteiger partial charge in [0.1, 0.15) is 0 Å². The molecule has 20 heavy (non-hydrogen) atoms. The van der Waals surface area contributed by atoms with Crippen LogP contribution in [0.3, 0.4) is 0 Å². The van der Waals surface area contributed by atoms with Crippen molar-refractivity contribution in [3.05, 3.63) is 10.6 Å². The van der Waals surface area contributed by atoms with Crippen LogP contribution in [0.2, 0.25) is 0 Å². The van der Waals surface area contributed by atoms with E-state index in [1.54, 1.807) is 0 Å². The van der Waals surface area contributed by atoms with Crippen molar-refractivity contribution >= 4 is 38.5 Å². The summed E-state index contributed by atoms with van der Waals surface area (Å²) in [5, 5.41) is 10.9. The molecule has 0 aromatic heterocycles. The van der Waals surface area contributed by atoms with Gasteiger partial charge in [0, 0.05) is 16.4 Å². The number of allylic oxidation sites excluding steroid dienone is 1. The van der Waals surface area contributed by atoms with E-state index in [-0.39, 0.29) is 6.10 Å². The summed E-state index contributed by atoms with van der Waals surface area (Å²) in [4.78, 5) is 0. The zero-order valence-electron chi connectivity index (χ0n) is 11.8. The molecule has 114 valence electrons. The molecule has 2 fully saturated rings. The number of fused-ring (bicyclic) bond motifs is 1. The molecular formula is C16H24BrIO2. The summed E-state index contributed by atoms with van der Waals surface area (Å²) in [6.07, 6.45) is 10.7. The van der Waals surface area contributed by atoms with Gasteiger partial charge in [0.25, 0.3) is 0 Å². The Bertz CT molecular complexity index is 373. The number of hydrogen-bond acceptors (Lipinski definition) is 2. The fourth-order valence-electron chi connectivity index (χ4n) is 4.19. The maximum Gasteiger partial charge on any atom is 0.0642 e. The van der Waals surface area contributed by atoms with Gasteiger partial charge in [-0.3, -0.25) is 0 Å². The number of alkyl halides is 1. The van der Waals surface area contributed by atoms with Gasteiger partial charge in [-0.05, 0) is 61.3 Å². The standard InChI is InChI=1S/C16H24BrIO2/c17-14-5-4-12(18)9-13(14)16(19)11-3-6-15-10(8-11)2-1-7-20-15/h5,10-13,15-16,19H,1-4,6-9H2/t10-,11?,12?,13?,15?,16?/m0/s1. The van der Waals surface area contributed by atoms with Gasteiger partial charge in [-0.25, -0.2) is 0 Å². The molecule has 2 nitrogen and oxygen atoms in total. The predicted molar refractivity (Wildman–Crippen MR) is 93.4 cm³/mol. The van der Waals surface area contributed by atoms with Crippen LogP contribution < -0.4 is 0 Å². The van der Waals surface area contributed by atoms with Crippen LogP contribution in [0.5, 0.6) is 0 Å². The highest BCUT2D eigenvalue weighted by Crippen LogP contribution is 2.43. The summed E-state index contributed by atoms with van der Waals surface area (Å²) in [5.74, 6) is 1.47. The number of rotatable bonds is 2. The highest BCUT2D eigenvalue weighted by molar-refractivity contribution is 14.1. The third-order valence-corrected chi connectivity index (χ3v) is 7.26. The van der Waals surface area contributed by atoms with Gasteiger partial charge in [-0.15, -0.1) is 0 Å². The number of hydrogen-bond donors (Lipinski definition) is 1. The van der Waals surface area contributed by atoms with E-state index in [2.05, 4.69) is 44.6 Å². The van der Waals surface area contributed by atoms with Crippen LogP contribution in [-0.4, -0.2) is 27.8 Å². The Kier molecular flexibility index (Phi) is 5.49. The van der Waals surface area contributed by atoms with E-state index in [1.807, 2.05) is 0 Å². The van der Waals surface area contributed by atoms with E-state index in [0.717, 1.165) is 38.7 Å². The maximum atomic E-state index is 10.9. The fourth-order valence-corrected chi connectivity index (χ4v) is 5.64. The molecule has 1 saturated carbocycles. The van der Waals surface area contributed by atoms with Gasteiger partial charge < -0.3 is 9.84 Å². The van der Waals surface area contributed by atoms with E-state index in [4.69, 9.17) is 4.74 Å². The van der Waals surface area contributed by atoms with Crippen molar-refractivity contribution in [3.8, 4) is 0 Å². The molecular weight excluding hydrogens is 431 g/mol. The van der Waals surface area contributed by atoms with Crippen molar-refractivity contribution in [2.45, 2.75) is 61.1 Å². The molecule has 1 heterocycles. The maximum absolute atomic E-state index is 10.9. The first-order valence-corrected chi connectivity index (χ1v) is 9.98. The minimum Gasteiger partial charge on any atom is -0.392 e. The Morgan fingerprint density at radius 1 is 1.30 bits per heavy atom. The first-order chi connectivity index (χ1) is 9.65. The highest BCUT2D eigenvalue weighted by Gasteiger charge is 2.39. The normalized spacial score (nSPS) is 43.5. The minimum absolute atomic E-state index is 0.180. The van der Waals surface area contributed by atoms with E-state index in [1.165, 1.54) is 17.3 Å². The minimum atomic E-state index is -0.180. The molecule has 2 aliphatic carbocycles. The quantitative estimate of drug-likeness (QED) is 0.493. The van der Waals surface area contributed by atoms with E-state index in [0.29, 0.717) is 27.8 Å². The van der Waals surface area contributed by atoms with Crippen molar-refractivity contribution in [2.75, 3.05) is 6.61 Å². The zero-order valence-corrected chi connectivity index (χ0v) is 15.6. The number of ether oxygens (including phenoxy) is 1. The Labute approximate surface area is 144 Å². The average Bonchev–Trinajstić information content (AvgIpc) is 2.48. The monoisotopic (exact) mass is 454 g/mol. The van der Waals surface area contributed by atoms with Crippen molar-refractivity contribution in [3.63, 3.8) is 0 Å². The van der Waals surface area contributed by atoms with Crippen LogP contribution in [0.25, 0.3) is 0 Å². The lowest BCUT2D eigenvalue weighted by Crippen LogP contribution is -2.41. The Balaban J connectivity index is 1.63. The number of aliphatic hydroxyl groups is 1. The topological polar surface area (TPSA) is 29.5 Å². The lowest BCUT2D eigenvalue weighted by Gasteiger charge is -2.42. The SMILES string of the molecule is OC(C1CCC2OCCC[C@H]2C1)C1CC(I)CC=C1Br. The van der Waals surface area contributed by atoms with Crippen LogP contribution in [0.1, 0.15) is 44.9 Å². The molecule has 1 saturated heterocycles. The van der Waals surface area contributed by atoms with Crippen LogP contribution in [0, 0.1) is 17.8 Å². The van der Waals surface area contributed by atoms with Gasteiger partial charge in [0.05, 0.1) is 12.2 Å². The van der Waals surface area contributed by atoms with Crippen LogP contribution in [0.15, 0.2) is 10.6 Å². The number of aliphatic hydroxyl groups excluding tert-OH is 1. The molecule has 0 amide bonds. The second kappa shape index (κ2) is 6.97. The molecule has 0 aromatic rings. The molecule has 4 heteroatoms. The first kappa shape index (κ1) is 15.8. The molecule has 1 aliphatic heterocycles. The van der Waals surface area contributed by atoms with Crippen molar-refractivity contribution in [1.29, 1.82) is 0 Å². The van der Waals surface area contributed by atoms with Crippen molar-refractivity contribution in [2.24, 2.45) is 17.8 Å². The lowest BCUT2D eigenvalue weighted by atomic mass is 9.71. The predicted octanol–water partition coefficient (Wildman–Crippen LogP) is 4.44. The molecule has 0 spiro atoms. The highest BCUT2D eigenvalue weighted by atomic mass is 127. The summed E-state index contributed by atoms with van der Waals surface area (Å²) in [5.41, 5.74) is 0. The summed E-state index contributed by atoms with van der Waals surface area (Å²) in [7, 11) is 0. The fraction of sp³-hybridized carbons (Fsp3) is 0.875. The van der Waals surface area contributed by atoms with Crippen LogP contribution >= 0.6 is 38.5 Å². The summed E-state index contributed by atoms with van der Waals surface area (Å²) < 4.78 is 7.80. The number of halogens is 2.